The molecule has 1 fully saturated rings. The van der Waals surface area contributed by atoms with Gasteiger partial charge in [0.2, 0.25) is 0 Å². The van der Waals surface area contributed by atoms with E-state index in [1.54, 1.807) is 6.20 Å². The Morgan fingerprint density at radius 3 is 2.88 bits per heavy atom. The van der Waals surface area contributed by atoms with Gasteiger partial charge in [0.25, 0.3) is 0 Å². The molecule has 1 unspecified atom stereocenters. The van der Waals surface area contributed by atoms with Gasteiger partial charge in [-0.05, 0) is 31.4 Å². The van der Waals surface area contributed by atoms with Crippen LogP contribution in [0.5, 0.6) is 0 Å². The number of urea groups is 1. The van der Waals surface area contributed by atoms with Crippen LogP contribution in [0.25, 0.3) is 0 Å². The number of carbonyl (C=O) groups excluding carboxylic acids is 1. The number of carbonyl (C=O) groups is 1. The number of aliphatic hydroxyl groups is 1. The van der Waals surface area contributed by atoms with Crippen molar-refractivity contribution in [3.63, 3.8) is 0 Å². The highest BCUT2D eigenvalue weighted by atomic mass is 16.3. The number of aromatic nitrogens is 1. The van der Waals surface area contributed by atoms with E-state index in [4.69, 9.17) is 0 Å². The average molecular weight is 332 g/mol. The van der Waals surface area contributed by atoms with Crippen LogP contribution in [0, 0.1) is 0 Å². The van der Waals surface area contributed by atoms with Crippen molar-refractivity contribution in [1.29, 1.82) is 0 Å². The number of nitrogens with one attached hydrogen (secondary N) is 1. The summed E-state index contributed by atoms with van der Waals surface area (Å²) < 4.78 is 0. The zero-order valence-electron chi connectivity index (χ0n) is 14.4. The third-order valence-corrected chi connectivity index (χ3v) is 5.30. The van der Waals surface area contributed by atoms with E-state index in [-0.39, 0.29) is 18.7 Å². The fraction of sp³-hybridized carbons (Fsp3) is 0.667. The lowest BCUT2D eigenvalue weighted by molar-refractivity contribution is 0.177. The minimum atomic E-state index is -0.00164. The molecule has 6 heteroatoms. The van der Waals surface area contributed by atoms with Gasteiger partial charge in [0.1, 0.15) is 0 Å². The minimum Gasteiger partial charge on any atom is -0.394 e. The number of likely N-dealkylation sites (N-methyl/N-ethyl adjacent to an activating group) is 1. The van der Waals surface area contributed by atoms with E-state index in [2.05, 4.69) is 15.2 Å². The number of anilines is 1. The van der Waals surface area contributed by atoms with Gasteiger partial charge in [0.15, 0.2) is 0 Å². The summed E-state index contributed by atoms with van der Waals surface area (Å²) in [5, 5.41) is 12.9. The number of pyridine rings is 1. The second kappa shape index (κ2) is 7.83. The first kappa shape index (κ1) is 17.0. The van der Waals surface area contributed by atoms with Crippen LogP contribution >= 0.6 is 0 Å². The first-order chi connectivity index (χ1) is 11.7. The maximum atomic E-state index is 12.7. The molecular weight excluding hydrogens is 304 g/mol. The fourth-order valence-corrected chi connectivity index (χ4v) is 3.73. The number of hydrogen-bond acceptors (Lipinski definition) is 4. The number of fused-ring (bicyclic) bond motifs is 1. The topological polar surface area (TPSA) is 68.7 Å². The summed E-state index contributed by atoms with van der Waals surface area (Å²) in [4.78, 5) is 21.1. The molecule has 24 heavy (non-hydrogen) atoms. The van der Waals surface area contributed by atoms with E-state index >= 15 is 0 Å². The van der Waals surface area contributed by atoms with Crippen molar-refractivity contribution in [2.45, 2.75) is 57.2 Å². The highest BCUT2D eigenvalue weighted by Crippen LogP contribution is 2.25. The first-order valence-corrected chi connectivity index (χ1v) is 9.02. The van der Waals surface area contributed by atoms with Crippen LogP contribution < -0.4 is 10.2 Å². The van der Waals surface area contributed by atoms with E-state index in [1.807, 2.05) is 24.1 Å². The van der Waals surface area contributed by atoms with Gasteiger partial charge in [-0.2, -0.15) is 0 Å². The summed E-state index contributed by atoms with van der Waals surface area (Å²) >= 11 is 0. The summed E-state index contributed by atoms with van der Waals surface area (Å²) in [5.41, 5.74) is 1.88. The van der Waals surface area contributed by atoms with Crippen LogP contribution in [0.3, 0.4) is 0 Å². The second-order valence-corrected chi connectivity index (χ2v) is 6.91. The van der Waals surface area contributed by atoms with Crippen LogP contribution in [-0.2, 0) is 6.54 Å². The largest absolute Gasteiger partial charge is 0.394 e. The molecule has 0 bridgehead atoms. The molecule has 2 aliphatic rings. The van der Waals surface area contributed by atoms with Crippen molar-refractivity contribution >= 4 is 11.7 Å². The molecule has 1 atom stereocenters. The van der Waals surface area contributed by atoms with Gasteiger partial charge in [0, 0.05) is 25.8 Å². The van der Waals surface area contributed by atoms with Crippen LogP contribution in [0.2, 0.25) is 0 Å². The van der Waals surface area contributed by atoms with Crippen molar-refractivity contribution in [1.82, 2.24) is 15.2 Å². The van der Waals surface area contributed by atoms with Crippen molar-refractivity contribution in [2.75, 3.05) is 25.1 Å². The first-order valence-electron chi connectivity index (χ1n) is 9.02. The Morgan fingerprint density at radius 1 is 1.33 bits per heavy atom. The zero-order valence-corrected chi connectivity index (χ0v) is 14.4. The number of nitrogens with zero attached hydrogens (tertiary/aromatic N) is 3. The number of rotatable bonds is 2. The average Bonchev–Trinajstić information content (AvgIpc) is 2.60. The van der Waals surface area contributed by atoms with Gasteiger partial charge in [-0.3, -0.25) is 4.98 Å². The van der Waals surface area contributed by atoms with E-state index in [9.17, 15) is 9.90 Å². The van der Waals surface area contributed by atoms with Crippen LogP contribution in [0.1, 0.15) is 44.2 Å². The van der Waals surface area contributed by atoms with Crippen molar-refractivity contribution < 1.29 is 9.90 Å². The Balaban J connectivity index is 1.75. The number of aliphatic hydroxyl groups excluding tert-OH is 1. The van der Waals surface area contributed by atoms with Gasteiger partial charge >= 0.3 is 6.03 Å². The molecule has 2 N–H and O–H groups in total. The molecule has 1 aromatic rings. The molecule has 0 aromatic carbocycles. The van der Waals surface area contributed by atoms with Crippen molar-refractivity contribution in [2.24, 2.45) is 0 Å². The summed E-state index contributed by atoms with van der Waals surface area (Å²) in [6, 6.07) is 4.21. The molecule has 2 heterocycles. The zero-order chi connectivity index (χ0) is 16.9. The Kier molecular flexibility index (Phi) is 5.56. The molecule has 6 nitrogen and oxygen atoms in total. The van der Waals surface area contributed by atoms with E-state index < -0.39 is 0 Å². The van der Waals surface area contributed by atoms with Crippen LogP contribution in [0.4, 0.5) is 10.5 Å². The van der Waals surface area contributed by atoms with Crippen LogP contribution in [0.15, 0.2) is 18.3 Å². The number of hydrogen-bond donors (Lipinski definition) is 2. The maximum absolute atomic E-state index is 12.7. The highest BCUT2D eigenvalue weighted by molar-refractivity contribution is 5.75. The van der Waals surface area contributed by atoms with Gasteiger partial charge in [-0.1, -0.05) is 19.3 Å². The molecule has 1 aliphatic heterocycles. The van der Waals surface area contributed by atoms with Gasteiger partial charge in [-0.15, -0.1) is 0 Å². The molecule has 0 radical (unpaired) electrons. The van der Waals surface area contributed by atoms with E-state index in [0.29, 0.717) is 19.1 Å². The van der Waals surface area contributed by atoms with Crippen molar-refractivity contribution in [3.05, 3.63) is 24.0 Å². The van der Waals surface area contributed by atoms with E-state index in [0.717, 1.165) is 30.6 Å². The Morgan fingerprint density at radius 2 is 2.12 bits per heavy atom. The lowest BCUT2D eigenvalue weighted by atomic mass is 9.96. The third kappa shape index (κ3) is 3.80. The molecule has 1 aliphatic carbocycles. The predicted molar refractivity (Wildman–Crippen MR) is 93.9 cm³/mol. The lowest BCUT2D eigenvalue weighted by Crippen LogP contribution is -2.48. The highest BCUT2D eigenvalue weighted by Gasteiger charge is 2.27. The molecule has 1 saturated carbocycles. The molecule has 0 spiro atoms. The Hall–Kier alpha value is -1.82. The standard InChI is InChI=1S/C18H28N4O2/c1-21-15(13-23)9-11-22(12-16-17(21)8-5-10-19-16)18(24)20-14-6-3-2-4-7-14/h5,8,10,14-15,23H,2-4,6-7,9,11-13H2,1H3,(H,20,24). The Bertz CT molecular complexity index is 560. The monoisotopic (exact) mass is 332 g/mol. The smallest absolute Gasteiger partial charge is 0.317 e. The number of amides is 2. The quantitative estimate of drug-likeness (QED) is 0.870. The third-order valence-electron chi connectivity index (χ3n) is 5.30. The summed E-state index contributed by atoms with van der Waals surface area (Å²) in [6.45, 7) is 1.21. The SMILES string of the molecule is CN1c2cccnc2CN(C(=O)NC2CCCCC2)CCC1CO. The normalized spacial score (nSPS) is 22.5. The molecular formula is C18H28N4O2. The molecule has 3 rings (SSSR count). The minimum absolute atomic E-state index is 0.000235. The summed E-state index contributed by atoms with van der Waals surface area (Å²) in [6.07, 6.45) is 8.35. The molecule has 132 valence electrons. The van der Waals surface area contributed by atoms with Gasteiger partial charge in [0.05, 0.1) is 30.6 Å². The predicted octanol–water partition coefficient (Wildman–Crippen LogP) is 2.13. The second-order valence-electron chi connectivity index (χ2n) is 6.91. The van der Waals surface area contributed by atoms with Gasteiger partial charge < -0.3 is 20.2 Å². The summed E-state index contributed by atoms with van der Waals surface area (Å²) in [7, 11) is 1.99. The van der Waals surface area contributed by atoms with Crippen LogP contribution in [-0.4, -0.2) is 53.3 Å². The lowest BCUT2D eigenvalue weighted by Gasteiger charge is -2.36. The fourth-order valence-electron chi connectivity index (χ4n) is 3.73. The Labute approximate surface area is 143 Å². The van der Waals surface area contributed by atoms with E-state index in [1.165, 1.54) is 19.3 Å². The summed E-state index contributed by atoms with van der Waals surface area (Å²) in [5.74, 6) is 0. The maximum Gasteiger partial charge on any atom is 0.317 e. The van der Waals surface area contributed by atoms with Gasteiger partial charge in [-0.25, -0.2) is 4.79 Å². The molecule has 1 aromatic heterocycles. The molecule has 2 amide bonds. The molecule has 0 saturated heterocycles. The van der Waals surface area contributed by atoms with Crippen molar-refractivity contribution in [3.8, 4) is 0 Å².